The van der Waals surface area contributed by atoms with Crippen LogP contribution in [0.25, 0.3) is 16.5 Å². The quantitative estimate of drug-likeness (QED) is 0.692. The number of nitrogens with zero attached hydrogens (tertiary/aromatic N) is 1. The minimum Gasteiger partial charge on any atom is -0.312 e. The van der Waals surface area contributed by atoms with Gasteiger partial charge in [-0.15, -0.1) is 0 Å². The summed E-state index contributed by atoms with van der Waals surface area (Å²) in [5.74, 6) is 0.573. The number of hydrogen-bond donors (Lipinski definition) is 2. The predicted molar refractivity (Wildman–Crippen MR) is 111 cm³/mol. The maximum absolute atomic E-state index is 13.2. The number of carbonyl (C=O) groups is 1. The molecule has 5 nitrogen and oxygen atoms in total. The van der Waals surface area contributed by atoms with Crippen molar-refractivity contribution in [3.05, 3.63) is 81.9 Å². The zero-order valence-electron chi connectivity index (χ0n) is 16.1. The lowest BCUT2D eigenvalue weighted by Crippen LogP contribution is -2.45. The molecule has 2 N–H and O–H groups in total. The summed E-state index contributed by atoms with van der Waals surface area (Å²) in [5, 5.41) is 3.89. The molecule has 2 heterocycles. The highest BCUT2D eigenvalue weighted by atomic mass is 16.1. The molecule has 142 valence electrons. The van der Waals surface area contributed by atoms with E-state index in [2.05, 4.69) is 10.3 Å². The van der Waals surface area contributed by atoms with Gasteiger partial charge in [0, 0.05) is 36.1 Å². The number of rotatable bonds is 3. The minimum atomic E-state index is -0.493. The molecule has 1 fully saturated rings. The van der Waals surface area contributed by atoms with Gasteiger partial charge in [0.2, 0.25) is 0 Å². The lowest BCUT2D eigenvalue weighted by Gasteiger charge is -2.31. The third-order valence-electron chi connectivity index (χ3n) is 5.24. The van der Waals surface area contributed by atoms with E-state index in [1.165, 1.54) is 0 Å². The van der Waals surface area contributed by atoms with Crippen LogP contribution in [0.4, 0.5) is 0 Å². The summed E-state index contributed by atoms with van der Waals surface area (Å²) in [4.78, 5) is 33.4. The molecule has 1 aliphatic heterocycles. The second-order valence-electron chi connectivity index (χ2n) is 7.87. The fraction of sp³-hybridized carbons (Fsp3) is 0.261. The van der Waals surface area contributed by atoms with Crippen LogP contribution in [0.3, 0.4) is 0 Å². The van der Waals surface area contributed by atoms with Gasteiger partial charge in [-0.3, -0.25) is 9.59 Å². The van der Waals surface area contributed by atoms with E-state index in [-0.39, 0.29) is 11.3 Å². The van der Waals surface area contributed by atoms with Crippen molar-refractivity contribution >= 4 is 22.3 Å². The van der Waals surface area contributed by atoms with E-state index >= 15 is 0 Å². The summed E-state index contributed by atoms with van der Waals surface area (Å²) in [6.45, 7) is 4.99. The zero-order valence-corrected chi connectivity index (χ0v) is 16.1. The van der Waals surface area contributed by atoms with Gasteiger partial charge in [0.25, 0.3) is 5.56 Å². The van der Waals surface area contributed by atoms with Crippen molar-refractivity contribution in [2.24, 2.45) is 5.41 Å². The summed E-state index contributed by atoms with van der Waals surface area (Å²) in [5.41, 5.74) is 2.48. The van der Waals surface area contributed by atoms with Crippen LogP contribution in [0.5, 0.6) is 0 Å². The van der Waals surface area contributed by atoms with Gasteiger partial charge in [0.05, 0.1) is 10.9 Å². The lowest BCUT2D eigenvalue weighted by atomic mass is 9.78. The summed E-state index contributed by atoms with van der Waals surface area (Å²) >= 11 is 0. The molecule has 0 radical (unpaired) electrons. The van der Waals surface area contributed by atoms with E-state index in [0.717, 1.165) is 11.1 Å². The van der Waals surface area contributed by atoms with Crippen molar-refractivity contribution in [3.63, 3.8) is 0 Å². The summed E-state index contributed by atoms with van der Waals surface area (Å²) in [7, 11) is 0. The summed E-state index contributed by atoms with van der Waals surface area (Å²) in [6, 6.07) is 17.2. The van der Waals surface area contributed by atoms with Gasteiger partial charge in [-0.2, -0.15) is 0 Å². The molecule has 1 saturated heterocycles. The van der Waals surface area contributed by atoms with E-state index in [1.807, 2.05) is 62.4 Å². The number of Topliss-reactive ketones (excluding diaryl/α,β-unsaturated/α-hetero) is 1. The van der Waals surface area contributed by atoms with Gasteiger partial charge >= 0.3 is 0 Å². The molecule has 3 aromatic rings. The monoisotopic (exact) mass is 373 g/mol. The van der Waals surface area contributed by atoms with Crippen molar-refractivity contribution in [2.75, 3.05) is 13.1 Å². The third-order valence-corrected chi connectivity index (χ3v) is 5.24. The van der Waals surface area contributed by atoms with Crippen LogP contribution >= 0.6 is 0 Å². The molecule has 0 saturated carbocycles. The molecule has 0 atom stereocenters. The number of nitrogens with one attached hydrogen (secondary N) is 2. The molecule has 0 amide bonds. The van der Waals surface area contributed by atoms with Gasteiger partial charge in [0.1, 0.15) is 5.82 Å². The predicted octanol–water partition coefficient (Wildman–Crippen LogP) is 3.12. The number of H-pyrrole nitrogens is 1. The van der Waals surface area contributed by atoms with Crippen LogP contribution in [0, 0.1) is 5.41 Å². The van der Waals surface area contributed by atoms with Crippen molar-refractivity contribution in [1.82, 2.24) is 15.3 Å². The number of fused-ring (bicyclic) bond motifs is 1. The standard InChI is InChI=1S/C23H23N3O2/c1-23(2)14-24-13-18(20(23)27)17(12-15-8-4-3-5-9-15)21-25-19-11-7-6-10-16(19)22(28)26-21/h3-11,24H,12-14H2,1-2H3,(H,25,26,28). The highest BCUT2D eigenvalue weighted by Crippen LogP contribution is 2.30. The molecule has 0 aliphatic carbocycles. The Hall–Kier alpha value is -3.05. The minimum absolute atomic E-state index is 0.105. The fourth-order valence-electron chi connectivity index (χ4n) is 3.68. The molecule has 0 unspecified atom stereocenters. The largest absolute Gasteiger partial charge is 0.312 e. The number of ketones is 1. The average Bonchev–Trinajstić information content (AvgIpc) is 2.69. The van der Waals surface area contributed by atoms with Crippen LogP contribution in [0.15, 0.2) is 65.0 Å². The molecule has 2 aromatic carbocycles. The Bertz CT molecular complexity index is 1130. The van der Waals surface area contributed by atoms with E-state index < -0.39 is 5.41 Å². The number of aromatic nitrogens is 2. The van der Waals surface area contributed by atoms with Crippen LogP contribution in [0.1, 0.15) is 25.2 Å². The number of aromatic amines is 1. The third kappa shape index (κ3) is 3.41. The topological polar surface area (TPSA) is 74.8 Å². The zero-order chi connectivity index (χ0) is 19.7. The molecule has 1 aliphatic rings. The molecular weight excluding hydrogens is 350 g/mol. The molecular formula is C23H23N3O2. The first-order valence-corrected chi connectivity index (χ1v) is 9.46. The van der Waals surface area contributed by atoms with Crippen LogP contribution < -0.4 is 10.9 Å². The van der Waals surface area contributed by atoms with Gasteiger partial charge in [-0.1, -0.05) is 56.3 Å². The Kier molecular flexibility index (Phi) is 4.69. The summed E-state index contributed by atoms with van der Waals surface area (Å²) < 4.78 is 0. The molecule has 0 bridgehead atoms. The van der Waals surface area contributed by atoms with Gasteiger partial charge in [0.15, 0.2) is 5.78 Å². The number of carbonyl (C=O) groups excluding carboxylic acids is 1. The number of hydrogen-bond acceptors (Lipinski definition) is 4. The first-order chi connectivity index (χ1) is 13.5. The highest BCUT2D eigenvalue weighted by molar-refractivity contribution is 6.06. The Morgan fingerprint density at radius 3 is 2.54 bits per heavy atom. The second kappa shape index (κ2) is 7.17. The maximum Gasteiger partial charge on any atom is 0.259 e. The average molecular weight is 373 g/mol. The van der Waals surface area contributed by atoms with E-state index in [0.29, 0.717) is 41.8 Å². The second-order valence-corrected chi connectivity index (χ2v) is 7.87. The summed E-state index contributed by atoms with van der Waals surface area (Å²) in [6.07, 6.45) is 0.529. The molecule has 4 rings (SSSR count). The number of allylic oxidation sites excluding steroid dienone is 1. The molecule has 5 heteroatoms. The molecule has 0 spiro atoms. The maximum atomic E-state index is 13.2. The molecule has 28 heavy (non-hydrogen) atoms. The number of benzene rings is 2. The smallest absolute Gasteiger partial charge is 0.259 e. The number of para-hydroxylation sites is 1. The Labute approximate surface area is 163 Å². The van der Waals surface area contributed by atoms with Crippen LogP contribution in [0.2, 0.25) is 0 Å². The Balaban J connectivity index is 1.92. The van der Waals surface area contributed by atoms with E-state index in [9.17, 15) is 9.59 Å². The Morgan fingerprint density at radius 2 is 1.75 bits per heavy atom. The van der Waals surface area contributed by atoms with Gasteiger partial charge in [-0.05, 0) is 17.7 Å². The SMILES string of the molecule is CC1(C)CNCC(=C(Cc2ccccc2)c2nc3ccccc3c(=O)[nH]2)C1=O. The lowest BCUT2D eigenvalue weighted by molar-refractivity contribution is -0.124. The highest BCUT2D eigenvalue weighted by Gasteiger charge is 2.35. The van der Waals surface area contributed by atoms with Crippen molar-refractivity contribution < 1.29 is 4.79 Å². The van der Waals surface area contributed by atoms with Gasteiger partial charge in [-0.25, -0.2) is 4.98 Å². The van der Waals surface area contributed by atoms with E-state index in [4.69, 9.17) is 4.98 Å². The first kappa shape index (κ1) is 18.3. The van der Waals surface area contributed by atoms with Crippen molar-refractivity contribution in [2.45, 2.75) is 20.3 Å². The van der Waals surface area contributed by atoms with Gasteiger partial charge < -0.3 is 10.3 Å². The van der Waals surface area contributed by atoms with Crippen LogP contribution in [-0.2, 0) is 11.2 Å². The van der Waals surface area contributed by atoms with E-state index in [1.54, 1.807) is 6.07 Å². The molecule has 1 aromatic heterocycles. The fourth-order valence-corrected chi connectivity index (χ4v) is 3.68. The first-order valence-electron chi connectivity index (χ1n) is 9.46. The Morgan fingerprint density at radius 1 is 1.04 bits per heavy atom. The van der Waals surface area contributed by atoms with Crippen LogP contribution in [-0.4, -0.2) is 28.8 Å². The van der Waals surface area contributed by atoms with Crippen molar-refractivity contribution in [1.29, 1.82) is 0 Å². The van der Waals surface area contributed by atoms with Crippen molar-refractivity contribution in [3.8, 4) is 0 Å². The number of piperidine rings is 1. The normalized spacial score (nSPS) is 18.3.